The quantitative estimate of drug-likeness (QED) is 0.720. The van der Waals surface area contributed by atoms with Crippen LogP contribution in [-0.2, 0) is 0 Å². The summed E-state index contributed by atoms with van der Waals surface area (Å²) in [5.74, 6) is 0.0245. The van der Waals surface area contributed by atoms with Crippen LogP contribution in [0.1, 0.15) is 15.9 Å². The summed E-state index contributed by atoms with van der Waals surface area (Å²) in [5, 5.41) is 6.06. The molecule has 1 aliphatic heterocycles. The number of aryl methyl sites for hydroxylation is 1. The highest BCUT2D eigenvalue weighted by atomic mass is 16.1. The van der Waals surface area contributed by atoms with Crippen molar-refractivity contribution in [1.82, 2.24) is 10.6 Å². The molecule has 0 atom stereocenters. The standard InChI is InChI=1S/C11H14N2O/c1-8-2-4-9(5-3-8)11(14)13-10-6-12-7-10/h2-5,10,12H,6-7H2,1H3,(H,13,14). The van der Waals surface area contributed by atoms with Gasteiger partial charge in [-0.15, -0.1) is 0 Å². The van der Waals surface area contributed by atoms with E-state index in [0.29, 0.717) is 6.04 Å². The molecule has 1 heterocycles. The van der Waals surface area contributed by atoms with E-state index in [9.17, 15) is 4.79 Å². The van der Waals surface area contributed by atoms with Crippen molar-refractivity contribution < 1.29 is 4.79 Å². The van der Waals surface area contributed by atoms with Crippen molar-refractivity contribution in [3.8, 4) is 0 Å². The lowest BCUT2D eigenvalue weighted by atomic mass is 10.1. The van der Waals surface area contributed by atoms with Crippen LogP contribution >= 0.6 is 0 Å². The second-order valence-corrected chi connectivity index (χ2v) is 3.69. The Kier molecular flexibility index (Phi) is 2.50. The maximum atomic E-state index is 11.6. The molecule has 2 N–H and O–H groups in total. The average molecular weight is 190 g/mol. The third-order valence-corrected chi connectivity index (χ3v) is 2.43. The van der Waals surface area contributed by atoms with Gasteiger partial charge in [0.2, 0.25) is 0 Å². The van der Waals surface area contributed by atoms with E-state index in [1.807, 2.05) is 31.2 Å². The summed E-state index contributed by atoms with van der Waals surface area (Å²) in [6, 6.07) is 7.93. The molecule has 1 saturated heterocycles. The maximum Gasteiger partial charge on any atom is 0.251 e. The molecule has 1 aromatic rings. The fourth-order valence-electron chi connectivity index (χ4n) is 1.36. The van der Waals surface area contributed by atoms with Crippen molar-refractivity contribution in [3.05, 3.63) is 35.4 Å². The molecule has 0 unspecified atom stereocenters. The molecule has 74 valence electrons. The third kappa shape index (κ3) is 1.93. The van der Waals surface area contributed by atoms with E-state index >= 15 is 0 Å². The molecule has 1 aromatic carbocycles. The summed E-state index contributed by atoms with van der Waals surface area (Å²) in [7, 11) is 0. The van der Waals surface area contributed by atoms with Gasteiger partial charge in [0.1, 0.15) is 0 Å². The number of rotatable bonds is 2. The molecule has 0 aliphatic carbocycles. The van der Waals surface area contributed by atoms with Gasteiger partial charge in [-0.2, -0.15) is 0 Å². The Balaban J connectivity index is 1.99. The summed E-state index contributed by atoms with van der Waals surface area (Å²) < 4.78 is 0. The number of carbonyl (C=O) groups excluding carboxylic acids is 1. The van der Waals surface area contributed by atoms with Crippen LogP contribution in [0.15, 0.2) is 24.3 Å². The van der Waals surface area contributed by atoms with Crippen LogP contribution < -0.4 is 10.6 Å². The lowest BCUT2D eigenvalue weighted by Gasteiger charge is -2.27. The van der Waals surface area contributed by atoms with Gasteiger partial charge in [0.15, 0.2) is 0 Å². The Hall–Kier alpha value is -1.35. The molecule has 1 fully saturated rings. The van der Waals surface area contributed by atoms with Crippen molar-refractivity contribution in [2.75, 3.05) is 13.1 Å². The van der Waals surface area contributed by atoms with E-state index < -0.39 is 0 Å². The summed E-state index contributed by atoms with van der Waals surface area (Å²) in [4.78, 5) is 11.6. The zero-order valence-electron chi connectivity index (χ0n) is 8.21. The first kappa shape index (κ1) is 9.21. The molecule has 2 rings (SSSR count). The molecular weight excluding hydrogens is 176 g/mol. The van der Waals surface area contributed by atoms with Crippen LogP contribution in [0, 0.1) is 6.92 Å². The molecule has 14 heavy (non-hydrogen) atoms. The van der Waals surface area contributed by atoms with Crippen LogP contribution in [0.25, 0.3) is 0 Å². The minimum atomic E-state index is 0.0245. The van der Waals surface area contributed by atoms with Crippen molar-refractivity contribution >= 4 is 5.91 Å². The smallest absolute Gasteiger partial charge is 0.251 e. The third-order valence-electron chi connectivity index (χ3n) is 2.43. The summed E-state index contributed by atoms with van der Waals surface area (Å²) in [5.41, 5.74) is 1.91. The molecule has 0 spiro atoms. The number of carbonyl (C=O) groups is 1. The zero-order chi connectivity index (χ0) is 9.97. The highest BCUT2D eigenvalue weighted by molar-refractivity contribution is 5.94. The molecule has 1 amide bonds. The van der Waals surface area contributed by atoms with E-state index in [-0.39, 0.29) is 5.91 Å². The highest BCUT2D eigenvalue weighted by Crippen LogP contribution is 2.03. The summed E-state index contributed by atoms with van der Waals surface area (Å²) in [6.07, 6.45) is 0. The monoisotopic (exact) mass is 190 g/mol. The Bertz CT molecular complexity index is 328. The van der Waals surface area contributed by atoms with Crippen molar-refractivity contribution in [2.24, 2.45) is 0 Å². The van der Waals surface area contributed by atoms with Gasteiger partial charge in [0.05, 0.1) is 6.04 Å². The minimum Gasteiger partial charge on any atom is -0.347 e. The van der Waals surface area contributed by atoms with Gasteiger partial charge in [-0.05, 0) is 19.1 Å². The van der Waals surface area contributed by atoms with Crippen LogP contribution in [0.2, 0.25) is 0 Å². The van der Waals surface area contributed by atoms with Crippen molar-refractivity contribution in [2.45, 2.75) is 13.0 Å². The van der Waals surface area contributed by atoms with Gasteiger partial charge in [-0.1, -0.05) is 17.7 Å². The first-order valence-electron chi connectivity index (χ1n) is 4.84. The second-order valence-electron chi connectivity index (χ2n) is 3.69. The highest BCUT2D eigenvalue weighted by Gasteiger charge is 2.19. The largest absolute Gasteiger partial charge is 0.347 e. The summed E-state index contributed by atoms with van der Waals surface area (Å²) >= 11 is 0. The molecule has 0 bridgehead atoms. The molecule has 0 aromatic heterocycles. The van der Waals surface area contributed by atoms with E-state index in [2.05, 4.69) is 10.6 Å². The number of amides is 1. The minimum absolute atomic E-state index is 0.0245. The Labute approximate surface area is 83.5 Å². The van der Waals surface area contributed by atoms with E-state index in [4.69, 9.17) is 0 Å². The normalized spacial score (nSPS) is 16.1. The maximum absolute atomic E-state index is 11.6. The lowest BCUT2D eigenvalue weighted by Crippen LogP contribution is -2.56. The fourth-order valence-corrected chi connectivity index (χ4v) is 1.36. The van der Waals surface area contributed by atoms with Crippen molar-refractivity contribution in [1.29, 1.82) is 0 Å². The lowest BCUT2D eigenvalue weighted by molar-refractivity contribution is 0.0924. The molecule has 3 heteroatoms. The van der Waals surface area contributed by atoms with Crippen LogP contribution in [0.4, 0.5) is 0 Å². The van der Waals surface area contributed by atoms with Crippen LogP contribution in [0.3, 0.4) is 0 Å². The number of nitrogens with one attached hydrogen (secondary N) is 2. The topological polar surface area (TPSA) is 41.1 Å². The molecular formula is C11H14N2O. The predicted octanol–water partition coefficient (Wildman–Crippen LogP) is 0.697. The van der Waals surface area contributed by atoms with Gasteiger partial charge < -0.3 is 10.6 Å². The van der Waals surface area contributed by atoms with E-state index in [1.165, 1.54) is 5.56 Å². The SMILES string of the molecule is Cc1ccc(C(=O)NC2CNC2)cc1. The van der Waals surface area contributed by atoms with Crippen LogP contribution in [0.5, 0.6) is 0 Å². The Morgan fingerprint density at radius 3 is 2.50 bits per heavy atom. The summed E-state index contributed by atoms with van der Waals surface area (Å²) in [6.45, 7) is 3.78. The van der Waals surface area contributed by atoms with Gasteiger partial charge in [0.25, 0.3) is 5.91 Å². The van der Waals surface area contributed by atoms with Gasteiger partial charge in [-0.25, -0.2) is 0 Å². The van der Waals surface area contributed by atoms with Crippen LogP contribution in [-0.4, -0.2) is 25.0 Å². The Morgan fingerprint density at radius 2 is 2.00 bits per heavy atom. The van der Waals surface area contributed by atoms with Gasteiger partial charge in [-0.3, -0.25) is 4.79 Å². The number of hydrogen-bond donors (Lipinski definition) is 2. The first-order chi connectivity index (χ1) is 6.75. The molecule has 0 radical (unpaired) electrons. The van der Waals surface area contributed by atoms with Gasteiger partial charge in [0, 0.05) is 18.7 Å². The molecule has 0 saturated carbocycles. The van der Waals surface area contributed by atoms with E-state index in [0.717, 1.165) is 18.7 Å². The first-order valence-corrected chi connectivity index (χ1v) is 4.84. The zero-order valence-corrected chi connectivity index (χ0v) is 8.21. The number of hydrogen-bond acceptors (Lipinski definition) is 2. The fraction of sp³-hybridized carbons (Fsp3) is 0.364. The second kappa shape index (κ2) is 3.80. The number of benzene rings is 1. The predicted molar refractivity (Wildman–Crippen MR) is 55.3 cm³/mol. The Morgan fingerprint density at radius 1 is 1.36 bits per heavy atom. The van der Waals surface area contributed by atoms with E-state index in [1.54, 1.807) is 0 Å². The average Bonchev–Trinajstić information content (AvgIpc) is 2.12. The molecule has 1 aliphatic rings. The van der Waals surface area contributed by atoms with Crippen molar-refractivity contribution in [3.63, 3.8) is 0 Å². The van der Waals surface area contributed by atoms with Gasteiger partial charge >= 0.3 is 0 Å². The molecule has 3 nitrogen and oxygen atoms in total.